The van der Waals surface area contributed by atoms with Crippen molar-refractivity contribution in [3.05, 3.63) is 75.9 Å². The Bertz CT molecular complexity index is 920. The molecule has 3 rings (SSSR count). The number of amides is 1. The van der Waals surface area contributed by atoms with Crippen LogP contribution in [0.2, 0.25) is 0 Å². The Labute approximate surface area is 162 Å². The summed E-state index contributed by atoms with van der Waals surface area (Å²) in [6, 6.07) is 17.4. The average molecular weight is 382 g/mol. The third-order valence-electron chi connectivity index (χ3n) is 4.34. The van der Waals surface area contributed by atoms with Crippen molar-refractivity contribution < 1.29 is 4.79 Å². The Balaban J connectivity index is 1.45. The number of nitrogens with zero attached hydrogens (tertiary/aromatic N) is 1. The summed E-state index contributed by atoms with van der Waals surface area (Å²) in [5.74, 6) is -0.328. The molecule has 5 nitrogen and oxygen atoms in total. The molecule has 2 aromatic heterocycles. The van der Waals surface area contributed by atoms with Gasteiger partial charge in [0.1, 0.15) is 5.56 Å². The standard InChI is InChI=1S/C21H23N3O2S/c1-24(16-8-3-2-4-9-16)14-6-5-13-22-20(25)17-11-12-18(23-21(17)26)19-10-7-15-27-19/h2-4,7-12,15H,5-6,13-14H2,1H3,(H,22,25)(H,23,26). The first-order valence-electron chi connectivity index (χ1n) is 8.97. The zero-order valence-electron chi connectivity index (χ0n) is 15.3. The molecule has 0 saturated heterocycles. The summed E-state index contributed by atoms with van der Waals surface area (Å²) in [4.78, 5) is 30.4. The highest BCUT2D eigenvalue weighted by molar-refractivity contribution is 7.13. The van der Waals surface area contributed by atoms with Gasteiger partial charge in [0.15, 0.2) is 0 Å². The van der Waals surface area contributed by atoms with E-state index in [2.05, 4.69) is 34.4 Å². The third-order valence-corrected chi connectivity index (χ3v) is 5.25. The molecule has 0 aliphatic rings. The van der Waals surface area contributed by atoms with E-state index >= 15 is 0 Å². The first kappa shape index (κ1) is 18.9. The molecule has 1 amide bonds. The molecule has 0 saturated carbocycles. The summed E-state index contributed by atoms with van der Waals surface area (Å²) in [5, 5.41) is 4.78. The Morgan fingerprint density at radius 2 is 1.89 bits per heavy atom. The van der Waals surface area contributed by atoms with E-state index in [-0.39, 0.29) is 17.0 Å². The molecule has 0 radical (unpaired) electrons. The monoisotopic (exact) mass is 381 g/mol. The van der Waals surface area contributed by atoms with Crippen LogP contribution in [0.5, 0.6) is 0 Å². The minimum Gasteiger partial charge on any atom is -0.375 e. The zero-order valence-corrected chi connectivity index (χ0v) is 16.1. The van der Waals surface area contributed by atoms with Crippen molar-refractivity contribution in [2.24, 2.45) is 0 Å². The third kappa shape index (κ3) is 5.08. The summed E-state index contributed by atoms with van der Waals surface area (Å²) in [6.07, 6.45) is 1.81. The number of carbonyl (C=O) groups excluding carboxylic acids is 1. The van der Waals surface area contributed by atoms with Gasteiger partial charge in [0, 0.05) is 25.8 Å². The average Bonchev–Trinajstić information content (AvgIpc) is 3.23. The second kappa shape index (κ2) is 9.19. The smallest absolute Gasteiger partial charge is 0.261 e. The van der Waals surface area contributed by atoms with Crippen molar-refractivity contribution in [1.82, 2.24) is 10.3 Å². The van der Waals surface area contributed by atoms with Gasteiger partial charge in [-0.25, -0.2) is 0 Å². The number of hydrogen-bond donors (Lipinski definition) is 2. The Kier molecular flexibility index (Phi) is 6.44. The van der Waals surface area contributed by atoms with Crippen LogP contribution in [0.1, 0.15) is 23.2 Å². The molecule has 0 unspecified atom stereocenters. The van der Waals surface area contributed by atoms with E-state index < -0.39 is 0 Å². The quantitative estimate of drug-likeness (QED) is 0.584. The summed E-state index contributed by atoms with van der Waals surface area (Å²) < 4.78 is 0. The van der Waals surface area contributed by atoms with Gasteiger partial charge in [0.2, 0.25) is 0 Å². The van der Waals surface area contributed by atoms with Crippen LogP contribution >= 0.6 is 11.3 Å². The first-order valence-corrected chi connectivity index (χ1v) is 9.85. The molecule has 3 aromatic rings. The van der Waals surface area contributed by atoms with Crippen molar-refractivity contribution in [3.63, 3.8) is 0 Å². The van der Waals surface area contributed by atoms with E-state index in [0.29, 0.717) is 6.54 Å². The number of nitrogens with one attached hydrogen (secondary N) is 2. The van der Waals surface area contributed by atoms with Crippen LogP contribution in [0.3, 0.4) is 0 Å². The lowest BCUT2D eigenvalue weighted by molar-refractivity contribution is 0.0951. The number of pyridine rings is 1. The van der Waals surface area contributed by atoms with Gasteiger partial charge in [-0.3, -0.25) is 9.59 Å². The van der Waals surface area contributed by atoms with Crippen molar-refractivity contribution in [3.8, 4) is 10.6 Å². The minimum absolute atomic E-state index is 0.150. The minimum atomic E-state index is -0.359. The molecular weight excluding hydrogens is 358 g/mol. The number of unbranched alkanes of at least 4 members (excludes halogenated alkanes) is 1. The van der Waals surface area contributed by atoms with Gasteiger partial charge in [-0.1, -0.05) is 24.3 Å². The lowest BCUT2D eigenvalue weighted by Gasteiger charge is -2.19. The van der Waals surface area contributed by atoms with Gasteiger partial charge in [0.05, 0.1) is 10.6 Å². The highest BCUT2D eigenvalue weighted by Crippen LogP contribution is 2.21. The van der Waals surface area contributed by atoms with E-state index in [1.807, 2.05) is 35.7 Å². The zero-order chi connectivity index (χ0) is 19.1. The van der Waals surface area contributed by atoms with Crippen LogP contribution in [0, 0.1) is 0 Å². The molecular formula is C21H23N3O2S. The second-order valence-electron chi connectivity index (χ2n) is 6.31. The number of carbonyl (C=O) groups is 1. The van der Waals surface area contributed by atoms with Crippen molar-refractivity contribution in [1.29, 1.82) is 0 Å². The fourth-order valence-corrected chi connectivity index (χ4v) is 3.52. The van der Waals surface area contributed by atoms with Crippen LogP contribution in [-0.2, 0) is 0 Å². The number of rotatable bonds is 8. The summed E-state index contributed by atoms with van der Waals surface area (Å²) in [7, 11) is 2.06. The number of aromatic nitrogens is 1. The van der Waals surface area contributed by atoms with Crippen LogP contribution < -0.4 is 15.8 Å². The van der Waals surface area contributed by atoms with Gasteiger partial charge in [-0.2, -0.15) is 0 Å². The number of para-hydroxylation sites is 1. The fraction of sp³-hybridized carbons (Fsp3) is 0.238. The number of anilines is 1. The van der Waals surface area contributed by atoms with Gasteiger partial charge in [-0.05, 0) is 48.6 Å². The van der Waals surface area contributed by atoms with E-state index in [9.17, 15) is 9.59 Å². The van der Waals surface area contributed by atoms with Crippen molar-refractivity contribution in [2.75, 3.05) is 25.0 Å². The van der Waals surface area contributed by atoms with E-state index in [0.717, 1.165) is 30.0 Å². The molecule has 0 spiro atoms. The van der Waals surface area contributed by atoms with E-state index in [1.165, 1.54) is 5.69 Å². The second-order valence-corrected chi connectivity index (χ2v) is 7.26. The van der Waals surface area contributed by atoms with Crippen LogP contribution in [-0.4, -0.2) is 31.0 Å². The number of hydrogen-bond acceptors (Lipinski definition) is 4. The largest absolute Gasteiger partial charge is 0.375 e. The summed E-state index contributed by atoms with van der Waals surface area (Å²) in [5.41, 5.74) is 1.70. The van der Waals surface area contributed by atoms with Gasteiger partial charge < -0.3 is 15.2 Å². The van der Waals surface area contributed by atoms with Gasteiger partial charge in [-0.15, -0.1) is 11.3 Å². The normalized spacial score (nSPS) is 10.6. The molecule has 2 N–H and O–H groups in total. The highest BCUT2D eigenvalue weighted by atomic mass is 32.1. The fourth-order valence-electron chi connectivity index (χ4n) is 2.81. The SMILES string of the molecule is CN(CCCCNC(=O)c1ccc(-c2cccs2)[nH]c1=O)c1ccccc1. The molecule has 0 atom stereocenters. The molecule has 0 fully saturated rings. The molecule has 6 heteroatoms. The molecule has 0 aliphatic carbocycles. The maximum atomic E-state index is 12.2. The summed E-state index contributed by atoms with van der Waals surface area (Å²) >= 11 is 1.54. The van der Waals surface area contributed by atoms with Crippen molar-refractivity contribution >= 4 is 22.9 Å². The first-order chi connectivity index (χ1) is 13.1. The van der Waals surface area contributed by atoms with Crippen LogP contribution in [0.25, 0.3) is 10.6 Å². The lowest BCUT2D eigenvalue weighted by Crippen LogP contribution is -2.30. The Hall–Kier alpha value is -2.86. The predicted molar refractivity (Wildman–Crippen MR) is 112 cm³/mol. The Morgan fingerprint density at radius 3 is 2.59 bits per heavy atom. The number of benzene rings is 1. The number of aromatic amines is 1. The number of thiophene rings is 1. The molecule has 27 heavy (non-hydrogen) atoms. The summed E-state index contributed by atoms with van der Waals surface area (Å²) in [6.45, 7) is 1.46. The van der Waals surface area contributed by atoms with E-state index in [1.54, 1.807) is 23.5 Å². The Morgan fingerprint density at radius 1 is 1.07 bits per heavy atom. The van der Waals surface area contributed by atoms with Gasteiger partial charge in [0.25, 0.3) is 11.5 Å². The molecule has 2 heterocycles. The highest BCUT2D eigenvalue weighted by Gasteiger charge is 2.11. The lowest BCUT2D eigenvalue weighted by atomic mass is 10.2. The molecule has 0 bridgehead atoms. The topological polar surface area (TPSA) is 65.2 Å². The maximum absolute atomic E-state index is 12.2. The molecule has 0 aliphatic heterocycles. The van der Waals surface area contributed by atoms with Gasteiger partial charge >= 0.3 is 0 Å². The molecule has 1 aromatic carbocycles. The van der Waals surface area contributed by atoms with E-state index in [4.69, 9.17) is 0 Å². The maximum Gasteiger partial charge on any atom is 0.261 e. The van der Waals surface area contributed by atoms with Crippen molar-refractivity contribution in [2.45, 2.75) is 12.8 Å². The molecule has 140 valence electrons. The number of H-pyrrole nitrogens is 1. The van der Waals surface area contributed by atoms with Crippen LogP contribution in [0.15, 0.2) is 64.8 Å². The van der Waals surface area contributed by atoms with Crippen LogP contribution in [0.4, 0.5) is 5.69 Å². The predicted octanol–water partition coefficient (Wildman–Crippen LogP) is 3.75.